The molecule has 1 aromatic rings. The second-order valence-electron chi connectivity index (χ2n) is 2.84. The van der Waals surface area contributed by atoms with Crippen LogP contribution in [0.5, 0.6) is 0 Å². The summed E-state index contributed by atoms with van der Waals surface area (Å²) in [6.45, 7) is 4.24. The Balaban J connectivity index is 0.000000145. The van der Waals surface area contributed by atoms with Crippen molar-refractivity contribution in [3.8, 4) is 0 Å². The lowest BCUT2D eigenvalue weighted by Crippen LogP contribution is -1.74. The van der Waals surface area contributed by atoms with E-state index in [-0.39, 0.29) is 0 Å². The van der Waals surface area contributed by atoms with Gasteiger partial charge >= 0.3 is 0 Å². The maximum absolute atomic E-state index is 2.16. The summed E-state index contributed by atoms with van der Waals surface area (Å²) in [5.41, 5.74) is 2.74. The Morgan fingerprint density at radius 2 is 1.69 bits per heavy atom. The molecule has 0 saturated heterocycles. The molecule has 13 heavy (non-hydrogen) atoms. The Bertz CT molecular complexity index is 252. The molecule has 1 aliphatic heterocycles. The monoisotopic (exact) mass is 210 g/mol. The smallest absolute Gasteiger partial charge is 0.0229 e. The quantitative estimate of drug-likeness (QED) is 0.589. The first-order valence-electron chi connectivity index (χ1n) is 4.26. The highest BCUT2D eigenvalue weighted by Gasteiger charge is 1.86. The highest BCUT2D eigenvalue weighted by molar-refractivity contribution is 8.78. The van der Waals surface area contributed by atoms with E-state index < -0.39 is 0 Å². The van der Waals surface area contributed by atoms with Crippen LogP contribution in [0, 0.1) is 13.8 Å². The van der Waals surface area contributed by atoms with Crippen LogP contribution in [0.15, 0.2) is 35.7 Å². The van der Waals surface area contributed by atoms with Gasteiger partial charge in [-0.15, -0.1) is 0 Å². The predicted octanol–water partition coefficient (Wildman–Crippen LogP) is 4.20. The van der Waals surface area contributed by atoms with Gasteiger partial charge in [0.05, 0.1) is 0 Å². The summed E-state index contributed by atoms with van der Waals surface area (Å²) in [6, 6.07) is 8.36. The van der Waals surface area contributed by atoms with E-state index in [0.717, 1.165) is 0 Å². The van der Waals surface area contributed by atoms with E-state index in [0.29, 0.717) is 0 Å². The first-order valence-corrected chi connectivity index (χ1v) is 6.64. The zero-order chi connectivity index (χ0) is 9.52. The Morgan fingerprint density at radius 3 is 1.92 bits per heavy atom. The molecule has 0 nitrogen and oxygen atoms in total. The molecule has 0 N–H and O–H groups in total. The van der Waals surface area contributed by atoms with E-state index >= 15 is 0 Å². The van der Waals surface area contributed by atoms with E-state index in [9.17, 15) is 0 Å². The van der Waals surface area contributed by atoms with Crippen LogP contribution in [0.3, 0.4) is 0 Å². The van der Waals surface area contributed by atoms with Crippen molar-refractivity contribution >= 4 is 21.6 Å². The van der Waals surface area contributed by atoms with Crippen molar-refractivity contribution in [3.63, 3.8) is 0 Å². The molecule has 0 unspecified atom stereocenters. The van der Waals surface area contributed by atoms with Crippen molar-refractivity contribution in [2.24, 2.45) is 0 Å². The number of hydrogen-bond acceptors (Lipinski definition) is 2. The predicted molar refractivity (Wildman–Crippen MR) is 65.1 cm³/mol. The standard InChI is InChI=1S/C8H10.C3H4S2/c1-7-5-3-4-6-8(7)2;1-2-4-5-3-1/h3-6H,1-2H3;1-2H,3H2. The van der Waals surface area contributed by atoms with Crippen molar-refractivity contribution in [3.05, 3.63) is 46.9 Å². The molecule has 2 heteroatoms. The van der Waals surface area contributed by atoms with Gasteiger partial charge in [0.25, 0.3) is 0 Å². The molecule has 0 bridgehead atoms. The summed E-state index contributed by atoms with van der Waals surface area (Å²) in [7, 11) is 3.69. The summed E-state index contributed by atoms with van der Waals surface area (Å²) in [5, 5.41) is 2.12. The highest BCUT2D eigenvalue weighted by Crippen LogP contribution is 2.27. The topological polar surface area (TPSA) is 0 Å². The van der Waals surface area contributed by atoms with Gasteiger partial charge in [-0.05, 0) is 30.4 Å². The Labute approximate surface area is 88.2 Å². The Hall–Kier alpha value is -0.340. The van der Waals surface area contributed by atoms with Crippen LogP contribution in [0.1, 0.15) is 11.1 Å². The van der Waals surface area contributed by atoms with Crippen LogP contribution in [0.4, 0.5) is 0 Å². The lowest BCUT2D eigenvalue weighted by atomic mass is 10.1. The molecule has 0 radical (unpaired) electrons. The summed E-state index contributed by atoms with van der Waals surface area (Å²) in [4.78, 5) is 0. The molecule has 0 amide bonds. The van der Waals surface area contributed by atoms with Gasteiger partial charge in [-0.3, -0.25) is 0 Å². The molecule has 1 aliphatic rings. The largest absolute Gasteiger partial charge is 0.0854 e. The van der Waals surface area contributed by atoms with Gasteiger partial charge in [0.15, 0.2) is 0 Å². The normalized spacial score (nSPS) is 13.7. The van der Waals surface area contributed by atoms with Crippen molar-refractivity contribution in [1.82, 2.24) is 0 Å². The Morgan fingerprint density at radius 1 is 1.08 bits per heavy atom. The average molecular weight is 210 g/mol. The van der Waals surface area contributed by atoms with Crippen LogP contribution >= 0.6 is 21.6 Å². The van der Waals surface area contributed by atoms with Crippen LogP contribution < -0.4 is 0 Å². The SMILES string of the molecule is C1=CSSC1.Cc1ccccc1C. The van der Waals surface area contributed by atoms with E-state index in [2.05, 4.69) is 49.6 Å². The fourth-order valence-corrected chi connectivity index (χ4v) is 2.43. The highest BCUT2D eigenvalue weighted by atomic mass is 33.1. The van der Waals surface area contributed by atoms with Gasteiger partial charge in [0, 0.05) is 5.75 Å². The van der Waals surface area contributed by atoms with E-state index in [1.165, 1.54) is 16.9 Å². The van der Waals surface area contributed by atoms with E-state index in [1.54, 1.807) is 0 Å². The molecular formula is C11H14S2. The first kappa shape index (κ1) is 10.7. The molecule has 0 fully saturated rings. The van der Waals surface area contributed by atoms with Crippen molar-refractivity contribution in [2.75, 3.05) is 5.75 Å². The van der Waals surface area contributed by atoms with E-state index in [4.69, 9.17) is 0 Å². The third-order valence-electron chi connectivity index (χ3n) is 1.81. The lowest BCUT2D eigenvalue weighted by Gasteiger charge is -1.93. The van der Waals surface area contributed by atoms with Gasteiger partial charge in [0.2, 0.25) is 0 Å². The molecule has 0 aromatic heterocycles. The van der Waals surface area contributed by atoms with Gasteiger partial charge in [-0.25, -0.2) is 0 Å². The number of benzene rings is 1. The third-order valence-corrected chi connectivity index (χ3v) is 3.73. The maximum Gasteiger partial charge on any atom is 0.0229 e. The zero-order valence-corrected chi connectivity index (χ0v) is 9.62. The second kappa shape index (κ2) is 6.17. The van der Waals surface area contributed by atoms with Crippen molar-refractivity contribution < 1.29 is 0 Å². The number of rotatable bonds is 0. The van der Waals surface area contributed by atoms with Gasteiger partial charge in [0.1, 0.15) is 0 Å². The molecule has 0 saturated carbocycles. The molecule has 0 aliphatic carbocycles. The van der Waals surface area contributed by atoms with Gasteiger partial charge in [-0.1, -0.05) is 51.9 Å². The summed E-state index contributed by atoms with van der Waals surface area (Å²) >= 11 is 0. The minimum Gasteiger partial charge on any atom is -0.0854 e. The van der Waals surface area contributed by atoms with Crippen LogP contribution in [-0.2, 0) is 0 Å². The number of aryl methyl sites for hydroxylation is 2. The van der Waals surface area contributed by atoms with Crippen LogP contribution in [0.25, 0.3) is 0 Å². The molecule has 1 heterocycles. The lowest BCUT2D eigenvalue weighted by molar-refractivity contribution is 1.34. The van der Waals surface area contributed by atoms with Crippen molar-refractivity contribution in [2.45, 2.75) is 13.8 Å². The third kappa shape index (κ3) is 4.44. The minimum absolute atomic E-state index is 1.20. The molecule has 70 valence electrons. The summed E-state index contributed by atoms with van der Waals surface area (Å²) in [6.07, 6.45) is 2.16. The first-order chi connectivity index (χ1) is 6.30. The maximum atomic E-state index is 2.16. The molecule has 0 spiro atoms. The Kier molecular flexibility index (Phi) is 5.09. The van der Waals surface area contributed by atoms with Crippen LogP contribution in [-0.4, -0.2) is 5.75 Å². The average Bonchev–Trinajstić information content (AvgIpc) is 2.68. The number of hydrogen-bond donors (Lipinski definition) is 0. The molecule has 1 aromatic carbocycles. The summed E-state index contributed by atoms with van der Waals surface area (Å²) in [5.74, 6) is 1.20. The van der Waals surface area contributed by atoms with Gasteiger partial charge in [-0.2, -0.15) is 0 Å². The van der Waals surface area contributed by atoms with Crippen LogP contribution in [0.2, 0.25) is 0 Å². The second-order valence-corrected chi connectivity index (χ2v) is 5.15. The molecule has 0 atom stereocenters. The fourth-order valence-electron chi connectivity index (χ4n) is 0.859. The van der Waals surface area contributed by atoms with Crippen molar-refractivity contribution in [1.29, 1.82) is 0 Å². The minimum atomic E-state index is 1.20. The summed E-state index contributed by atoms with van der Waals surface area (Å²) < 4.78 is 0. The van der Waals surface area contributed by atoms with Gasteiger partial charge < -0.3 is 0 Å². The zero-order valence-electron chi connectivity index (χ0n) is 7.99. The fraction of sp³-hybridized carbons (Fsp3) is 0.273. The molecular weight excluding hydrogens is 196 g/mol. The molecule has 2 rings (SSSR count). The van der Waals surface area contributed by atoms with E-state index in [1.807, 2.05) is 21.6 Å².